The minimum absolute atomic E-state index is 0. The van der Waals surface area contributed by atoms with Gasteiger partial charge in [0.25, 0.3) is 0 Å². The summed E-state index contributed by atoms with van der Waals surface area (Å²) in [6, 6.07) is 9.98. The third-order valence-electron chi connectivity index (χ3n) is 4.78. The monoisotopic (exact) mass is 544 g/mol. The lowest BCUT2D eigenvalue weighted by Gasteiger charge is -2.36. The number of nitrogens with one attached hydrogen (secondary N) is 1. The van der Waals surface area contributed by atoms with E-state index in [9.17, 15) is 0 Å². The molecule has 0 atom stereocenters. The minimum atomic E-state index is 0. The van der Waals surface area contributed by atoms with Gasteiger partial charge in [0.15, 0.2) is 5.96 Å². The van der Waals surface area contributed by atoms with Crippen LogP contribution in [0.15, 0.2) is 35.3 Å². The lowest BCUT2D eigenvalue weighted by molar-refractivity contribution is 0.307. The van der Waals surface area contributed by atoms with Crippen LogP contribution in [-0.4, -0.2) is 66.1 Å². The fraction of sp³-hybridized carbons (Fsp3) is 0.571. The summed E-state index contributed by atoms with van der Waals surface area (Å²) >= 11 is 1.51. The molecule has 1 aliphatic rings. The Morgan fingerprint density at radius 2 is 1.90 bits per heavy atom. The van der Waals surface area contributed by atoms with Crippen LogP contribution in [0.4, 0.5) is 5.13 Å². The van der Waals surface area contributed by atoms with Crippen LogP contribution in [0.5, 0.6) is 5.75 Å². The molecule has 1 aromatic carbocycles. The molecule has 1 saturated heterocycles. The number of aliphatic imine (C=N–C) groups is 1. The van der Waals surface area contributed by atoms with E-state index in [0.29, 0.717) is 0 Å². The van der Waals surface area contributed by atoms with E-state index in [-0.39, 0.29) is 24.0 Å². The molecule has 0 amide bonds. The predicted molar refractivity (Wildman–Crippen MR) is 136 cm³/mol. The number of rotatable bonds is 9. The zero-order chi connectivity index (χ0) is 20.3. The molecular weight excluding hydrogens is 511 g/mol. The van der Waals surface area contributed by atoms with Crippen LogP contribution in [0.1, 0.15) is 32.5 Å². The summed E-state index contributed by atoms with van der Waals surface area (Å²) in [6.07, 6.45) is 2.92. The second kappa shape index (κ2) is 13.6. The van der Waals surface area contributed by atoms with Crippen molar-refractivity contribution in [2.45, 2.75) is 33.1 Å². The van der Waals surface area contributed by atoms with E-state index in [1.165, 1.54) is 11.5 Å². The van der Waals surface area contributed by atoms with Crippen molar-refractivity contribution in [2.24, 2.45) is 4.99 Å². The first-order chi connectivity index (χ1) is 14.3. The molecule has 1 aromatic heterocycles. The Hall–Kier alpha value is -1.62. The molecule has 0 bridgehead atoms. The standard InChI is InChI=1S/C21H32N6OS.HI/c1-3-19-24-21(29-25-19)27-15-13-26(14-16-27)20(22-4-2)23-12-8-9-17-28-18-10-6-5-7-11-18;/h5-7,10-11H,3-4,8-9,12-17H2,1-2H3,(H,22,23);1H. The van der Waals surface area contributed by atoms with Gasteiger partial charge in [0.05, 0.1) is 6.61 Å². The average Bonchev–Trinajstić information content (AvgIpc) is 3.25. The molecule has 0 unspecified atom stereocenters. The van der Waals surface area contributed by atoms with E-state index in [4.69, 9.17) is 9.73 Å². The second-order valence-corrected chi connectivity index (χ2v) is 7.66. The van der Waals surface area contributed by atoms with Gasteiger partial charge < -0.3 is 19.9 Å². The number of ether oxygens (including phenoxy) is 1. The molecule has 1 fully saturated rings. The van der Waals surface area contributed by atoms with E-state index in [0.717, 1.165) is 87.8 Å². The van der Waals surface area contributed by atoms with Crippen LogP contribution in [0.25, 0.3) is 0 Å². The van der Waals surface area contributed by atoms with Crippen LogP contribution in [0, 0.1) is 0 Å². The molecular formula is C21H33IN6OS. The maximum absolute atomic E-state index is 5.75. The molecule has 166 valence electrons. The SMILES string of the molecule is CCNC(=NCCCCOc1ccccc1)N1CCN(c2nc(CC)ns2)CC1.I. The van der Waals surface area contributed by atoms with Crippen LogP contribution in [-0.2, 0) is 6.42 Å². The van der Waals surface area contributed by atoms with Gasteiger partial charge in [-0.3, -0.25) is 4.99 Å². The number of aryl methyl sites for hydroxylation is 1. The maximum Gasteiger partial charge on any atom is 0.205 e. The van der Waals surface area contributed by atoms with Gasteiger partial charge in [-0.25, -0.2) is 4.98 Å². The third kappa shape index (κ3) is 7.57. The Morgan fingerprint density at radius 3 is 2.57 bits per heavy atom. The molecule has 7 nitrogen and oxygen atoms in total. The summed E-state index contributed by atoms with van der Waals surface area (Å²) in [7, 11) is 0. The first-order valence-electron chi connectivity index (χ1n) is 10.6. The molecule has 0 spiro atoms. The Morgan fingerprint density at radius 1 is 1.13 bits per heavy atom. The summed E-state index contributed by atoms with van der Waals surface area (Å²) in [5.74, 6) is 2.89. The molecule has 0 saturated carbocycles. The minimum Gasteiger partial charge on any atom is -0.494 e. The first kappa shape index (κ1) is 24.6. The smallest absolute Gasteiger partial charge is 0.205 e. The van der Waals surface area contributed by atoms with Crippen LogP contribution in [0.2, 0.25) is 0 Å². The Kier molecular flexibility index (Phi) is 11.2. The Balaban J connectivity index is 0.00000320. The van der Waals surface area contributed by atoms with Crippen molar-refractivity contribution in [3.05, 3.63) is 36.2 Å². The second-order valence-electron chi connectivity index (χ2n) is 6.93. The molecule has 30 heavy (non-hydrogen) atoms. The van der Waals surface area contributed by atoms with Gasteiger partial charge in [-0.1, -0.05) is 25.1 Å². The third-order valence-corrected chi connectivity index (χ3v) is 5.60. The number of aromatic nitrogens is 2. The highest BCUT2D eigenvalue weighted by Crippen LogP contribution is 2.19. The molecule has 2 heterocycles. The fourth-order valence-corrected chi connectivity index (χ4v) is 3.96. The summed E-state index contributed by atoms with van der Waals surface area (Å²) in [5.41, 5.74) is 0. The number of anilines is 1. The summed E-state index contributed by atoms with van der Waals surface area (Å²) in [5, 5.41) is 4.48. The topological polar surface area (TPSA) is 65.9 Å². The Labute approximate surface area is 201 Å². The van der Waals surface area contributed by atoms with Crippen molar-refractivity contribution in [3.8, 4) is 5.75 Å². The summed E-state index contributed by atoms with van der Waals surface area (Å²) in [4.78, 5) is 14.1. The molecule has 3 rings (SSSR count). The van der Waals surface area contributed by atoms with Crippen molar-refractivity contribution >= 4 is 46.6 Å². The van der Waals surface area contributed by atoms with Gasteiger partial charge in [-0.05, 0) is 31.9 Å². The van der Waals surface area contributed by atoms with Crippen molar-refractivity contribution in [3.63, 3.8) is 0 Å². The number of halogens is 1. The lowest BCUT2D eigenvalue weighted by atomic mass is 10.3. The zero-order valence-corrected chi connectivity index (χ0v) is 21.1. The van der Waals surface area contributed by atoms with Crippen molar-refractivity contribution in [2.75, 3.05) is 50.8 Å². The predicted octanol–water partition coefficient (Wildman–Crippen LogP) is 3.67. The molecule has 0 radical (unpaired) electrons. The highest BCUT2D eigenvalue weighted by Gasteiger charge is 2.21. The van der Waals surface area contributed by atoms with Gasteiger partial charge in [-0.2, -0.15) is 4.37 Å². The van der Waals surface area contributed by atoms with E-state index >= 15 is 0 Å². The van der Waals surface area contributed by atoms with Crippen LogP contribution in [0.3, 0.4) is 0 Å². The van der Waals surface area contributed by atoms with Crippen LogP contribution >= 0.6 is 35.5 Å². The van der Waals surface area contributed by atoms with Gasteiger partial charge in [-0.15, -0.1) is 24.0 Å². The number of hydrogen-bond donors (Lipinski definition) is 1. The quantitative estimate of drug-likeness (QED) is 0.225. The van der Waals surface area contributed by atoms with Crippen molar-refractivity contribution < 1.29 is 4.74 Å². The highest BCUT2D eigenvalue weighted by atomic mass is 127. The number of benzene rings is 1. The molecule has 9 heteroatoms. The normalized spacial score (nSPS) is 14.4. The molecule has 0 aliphatic carbocycles. The molecule has 1 N–H and O–H groups in total. The molecule has 2 aromatic rings. The van der Waals surface area contributed by atoms with E-state index in [1.807, 2.05) is 30.3 Å². The number of nitrogens with zero attached hydrogens (tertiary/aromatic N) is 5. The number of para-hydroxylation sites is 1. The van der Waals surface area contributed by atoms with E-state index in [2.05, 4.69) is 38.3 Å². The maximum atomic E-state index is 5.75. The summed E-state index contributed by atoms with van der Waals surface area (Å²) < 4.78 is 10.2. The van der Waals surface area contributed by atoms with Gasteiger partial charge >= 0.3 is 0 Å². The number of piperazine rings is 1. The highest BCUT2D eigenvalue weighted by molar-refractivity contribution is 14.0. The largest absolute Gasteiger partial charge is 0.494 e. The van der Waals surface area contributed by atoms with Crippen LogP contribution < -0.4 is 15.0 Å². The van der Waals surface area contributed by atoms with Gasteiger partial charge in [0.2, 0.25) is 5.13 Å². The average molecular weight is 545 g/mol. The van der Waals surface area contributed by atoms with Gasteiger partial charge in [0.1, 0.15) is 11.6 Å². The van der Waals surface area contributed by atoms with E-state index < -0.39 is 0 Å². The number of unbranched alkanes of at least 4 members (excludes halogenated alkanes) is 1. The first-order valence-corrected chi connectivity index (χ1v) is 11.4. The van der Waals surface area contributed by atoms with Gasteiger partial charge in [0, 0.05) is 57.2 Å². The number of hydrogen-bond acceptors (Lipinski definition) is 6. The Bertz CT molecular complexity index is 749. The molecule has 1 aliphatic heterocycles. The zero-order valence-electron chi connectivity index (χ0n) is 17.9. The van der Waals surface area contributed by atoms with Crippen molar-refractivity contribution in [1.29, 1.82) is 0 Å². The van der Waals surface area contributed by atoms with E-state index in [1.54, 1.807) is 0 Å². The summed E-state index contributed by atoms with van der Waals surface area (Å²) in [6.45, 7) is 10.4. The lowest BCUT2D eigenvalue weighted by Crippen LogP contribution is -2.52. The number of guanidine groups is 1. The fourth-order valence-electron chi connectivity index (χ4n) is 3.16. The van der Waals surface area contributed by atoms with Crippen molar-refractivity contribution in [1.82, 2.24) is 19.6 Å².